The zero-order chi connectivity index (χ0) is 42.7. The van der Waals surface area contributed by atoms with Crippen molar-refractivity contribution in [2.24, 2.45) is 11.8 Å². The number of fused-ring (bicyclic) bond motifs is 1. The lowest BCUT2D eigenvalue weighted by atomic mass is 9.98. The summed E-state index contributed by atoms with van der Waals surface area (Å²) >= 11 is 0. The van der Waals surface area contributed by atoms with Crippen molar-refractivity contribution < 1.29 is 47.8 Å². The molecule has 4 rings (SSSR count). The number of aromatic nitrogens is 2. The lowest BCUT2D eigenvalue weighted by Gasteiger charge is -2.32. The number of likely N-dealkylation sites (tertiary alicyclic amines) is 1. The van der Waals surface area contributed by atoms with Gasteiger partial charge in [-0.25, -0.2) is 9.78 Å². The Balaban J connectivity index is 1.58. The molecule has 2 aliphatic rings. The van der Waals surface area contributed by atoms with Gasteiger partial charge in [0, 0.05) is 39.0 Å². The Morgan fingerprint density at radius 3 is 2.24 bits per heavy atom. The van der Waals surface area contributed by atoms with Crippen molar-refractivity contribution in [3.05, 3.63) is 59.7 Å². The quantitative estimate of drug-likeness (QED) is 0.160. The topological polar surface area (TPSA) is 227 Å². The van der Waals surface area contributed by atoms with E-state index in [2.05, 4.69) is 30.7 Å². The summed E-state index contributed by atoms with van der Waals surface area (Å²) in [6.45, 7) is 8.63. The van der Waals surface area contributed by atoms with Crippen molar-refractivity contribution in [3.63, 3.8) is 0 Å². The normalized spacial score (nSPS) is 17.7. The number of Topliss-reactive ketones (excluding diaryl/α,β-unsaturated/α-hetero) is 1. The van der Waals surface area contributed by atoms with Crippen LogP contribution in [0.2, 0.25) is 0 Å². The second kappa shape index (κ2) is 20.5. The number of hydrogen-bond donors (Lipinski definition) is 3. The number of nitrogens with zero attached hydrogens (tertiary/aromatic N) is 5. The molecule has 1 saturated heterocycles. The van der Waals surface area contributed by atoms with E-state index >= 15 is 0 Å². The highest BCUT2D eigenvalue weighted by Crippen LogP contribution is 2.26. The molecular formula is C40H54N8O10. The molecule has 0 radical (unpaired) electrons. The van der Waals surface area contributed by atoms with Crippen LogP contribution in [0, 0.1) is 11.8 Å². The van der Waals surface area contributed by atoms with Crippen molar-refractivity contribution >= 4 is 47.4 Å². The van der Waals surface area contributed by atoms with Gasteiger partial charge in [0.05, 0.1) is 25.9 Å². The first-order valence-corrected chi connectivity index (χ1v) is 19.4. The average molecular weight is 807 g/mol. The summed E-state index contributed by atoms with van der Waals surface area (Å²) in [5.74, 6) is -6.40. The van der Waals surface area contributed by atoms with Crippen molar-refractivity contribution in [1.82, 2.24) is 40.6 Å². The van der Waals surface area contributed by atoms with Crippen LogP contribution in [0.15, 0.2) is 42.9 Å². The number of methoxy groups -OCH3 is 1. The molecule has 1 aromatic heterocycles. The summed E-state index contributed by atoms with van der Waals surface area (Å²) in [5, 5.41) is 8.06. The monoisotopic (exact) mass is 806 g/mol. The van der Waals surface area contributed by atoms with Crippen molar-refractivity contribution in [2.45, 2.75) is 97.1 Å². The Kier molecular flexibility index (Phi) is 15.8. The SMILES string of the molecule is CCC[C@H](NC(=O)[C@@H]1C[C@@H](OC(=O)N2CCc3ccccc3C2)CN1C(=O)C(NC(=O)[C@@H](NC(=O)c1cnccn1)C(C)C)C(C)C)C(=O)C(=O)N(C)CC(=O)OC. The highest BCUT2D eigenvalue weighted by molar-refractivity contribution is 6.38. The largest absolute Gasteiger partial charge is 0.468 e. The summed E-state index contributed by atoms with van der Waals surface area (Å²) in [6.07, 6.45) is 3.37. The molecule has 5 atom stereocenters. The van der Waals surface area contributed by atoms with Gasteiger partial charge in [-0.2, -0.15) is 0 Å². The lowest BCUT2D eigenvalue weighted by molar-refractivity contribution is -0.151. The zero-order valence-electron chi connectivity index (χ0n) is 34.1. The van der Waals surface area contributed by atoms with E-state index in [1.165, 1.54) is 30.5 Å². The summed E-state index contributed by atoms with van der Waals surface area (Å²) < 4.78 is 10.5. The summed E-state index contributed by atoms with van der Waals surface area (Å²) in [4.78, 5) is 119. The van der Waals surface area contributed by atoms with Crippen LogP contribution in [0.1, 0.15) is 75.5 Å². The standard InChI is InChI=1S/C40H54N8O10/c1-8-11-28(34(50)39(55)46(6)22-31(49)57-7)43-36(52)30-18-27(58-40(56)47-17-14-25-12-9-10-13-26(25)20-47)21-48(30)38(54)33(24(4)5)45-37(53)32(23(2)3)44-35(51)29-19-41-15-16-42-29/h9-10,12-13,15-16,19,23-24,27-28,30,32-33H,8,11,14,17-18,20-22H2,1-7H3,(H,43,52)(H,44,51)(H,45,53)/t27-,28+,30+,32+,33?/m1/s1. The van der Waals surface area contributed by atoms with Crippen LogP contribution in [0.4, 0.5) is 4.79 Å². The number of rotatable bonds is 16. The van der Waals surface area contributed by atoms with E-state index in [1.807, 2.05) is 24.3 Å². The molecule has 58 heavy (non-hydrogen) atoms. The number of nitrogens with one attached hydrogen (secondary N) is 3. The van der Waals surface area contributed by atoms with Crippen LogP contribution >= 0.6 is 0 Å². The average Bonchev–Trinajstić information content (AvgIpc) is 3.64. The molecule has 3 heterocycles. The van der Waals surface area contributed by atoms with Gasteiger partial charge in [0.1, 0.15) is 36.5 Å². The summed E-state index contributed by atoms with van der Waals surface area (Å²) in [7, 11) is 2.40. The number of likely N-dealkylation sites (N-methyl/N-ethyl adjacent to an activating group) is 1. The number of benzene rings is 1. The van der Waals surface area contributed by atoms with E-state index in [0.717, 1.165) is 23.1 Å². The Bertz CT molecular complexity index is 1840. The molecule has 0 aliphatic carbocycles. The molecule has 0 bridgehead atoms. The smallest absolute Gasteiger partial charge is 0.410 e. The number of ether oxygens (including phenoxy) is 2. The predicted octanol–water partition coefficient (Wildman–Crippen LogP) is 1.02. The molecule has 18 heteroatoms. The molecule has 314 valence electrons. The fourth-order valence-electron chi connectivity index (χ4n) is 6.84. The summed E-state index contributed by atoms with van der Waals surface area (Å²) in [6, 6.07) is 2.89. The molecule has 1 aromatic carbocycles. The minimum Gasteiger partial charge on any atom is -0.468 e. The van der Waals surface area contributed by atoms with E-state index in [-0.39, 0.29) is 25.1 Å². The number of esters is 1. The highest BCUT2D eigenvalue weighted by atomic mass is 16.6. The Morgan fingerprint density at radius 1 is 0.931 bits per heavy atom. The third-order valence-corrected chi connectivity index (χ3v) is 10.1. The van der Waals surface area contributed by atoms with Crippen LogP contribution in [-0.4, -0.2) is 136 Å². The molecule has 1 unspecified atom stereocenters. The Hall–Kier alpha value is -5.94. The number of hydrogen-bond acceptors (Lipinski definition) is 12. The Labute approximate surface area is 337 Å². The van der Waals surface area contributed by atoms with E-state index in [1.54, 1.807) is 39.5 Å². The second-order valence-corrected chi connectivity index (χ2v) is 15.2. The first kappa shape index (κ1) is 44.8. The van der Waals surface area contributed by atoms with Crippen LogP contribution in [0.5, 0.6) is 0 Å². The third-order valence-electron chi connectivity index (χ3n) is 10.1. The Morgan fingerprint density at radius 2 is 1.62 bits per heavy atom. The maximum atomic E-state index is 14.5. The maximum Gasteiger partial charge on any atom is 0.410 e. The molecule has 18 nitrogen and oxygen atoms in total. The minimum atomic E-state index is -1.30. The highest BCUT2D eigenvalue weighted by Gasteiger charge is 2.46. The number of ketones is 1. The zero-order valence-corrected chi connectivity index (χ0v) is 34.1. The van der Waals surface area contributed by atoms with Crippen LogP contribution in [-0.2, 0) is 51.2 Å². The minimum absolute atomic E-state index is 0.00521. The van der Waals surface area contributed by atoms with E-state index < -0.39 is 96.0 Å². The lowest BCUT2D eigenvalue weighted by Crippen LogP contribution is -2.60. The van der Waals surface area contributed by atoms with Crippen molar-refractivity contribution in [2.75, 3.05) is 33.8 Å². The first-order chi connectivity index (χ1) is 27.6. The summed E-state index contributed by atoms with van der Waals surface area (Å²) in [5.41, 5.74) is 2.10. The molecule has 1 fully saturated rings. The molecule has 0 saturated carbocycles. The number of amides is 6. The number of carbonyl (C=O) groups is 8. The van der Waals surface area contributed by atoms with E-state index in [0.29, 0.717) is 25.9 Å². The van der Waals surface area contributed by atoms with Crippen molar-refractivity contribution in [3.8, 4) is 0 Å². The molecule has 0 spiro atoms. The number of carbonyl (C=O) groups excluding carboxylic acids is 8. The van der Waals surface area contributed by atoms with Gasteiger partial charge < -0.3 is 40.1 Å². The van der Waals surface area contributed by atoms with Gasteiger partial charge in [0.15, 0.2) is 0 Å². The molecule has 2 aliphatic heterocycles. The van der Waals surface area contributed by atoms with Gasteiger partial charge in [-0.3, -0.25) is 38.5 Å². The van der Waals surface area contributed by atoms with Gasteiger partial charge in [0.25, 0.3) is 11.8 Å². The van der Waals surface area contributed by atoms with E-state index in [9.17, 15) is 38.4 Å². The fraction of sp³-hybridized carbons (Fsp3) is 0.550. The van der Waals surface area contributed by atoms with Crippen molar-refractivity contribution in [1.29, 1.82) is 0 Å². The van der Waals surface area contributed by atoms with Crippen LogP contribution in [0.25, 0.3) is 0 Å². The second-order valence-electron chi connectivity index (χ2n) is 15.2. The van der Waals surface area contributed by atoms with Gasteiger partial charge in [-0.1, -0.05) is 65.3 Å². The maximum absolute atomic E-state index is 14.5. The predicted molar refractivity (Wildman–Crippen MR) is 207 cm³/mol. The first-order valence-electron chi connectivity index (χ1n) is 19.4. The molecule has 2 aromatic rings. The van der Waals surface area contributed by atoms with Crippen LogP contribution in [0.3, 0.4) is 0 Å². The van der Waals surface area contributed by atoms with Gasteiger partial charge in [-0.15, -0.1) is 0 Å². The van der Waals surface area contributed by atoms with E-state index in [4.69, 9.17) is 4.74 Å². The molecule has 3 N–H and O–H groups in total. The molecule has 6 amide bonds. The third kappa shape index (κ3) is 11.3. The van der Waals surface area contributed by atoms with Gasteiger partial charge >= 0.3 is 12.1 Å². The van der Waals surface area contributed by atoms with Gasteiger partial charge in [-0.05, 0) is 35.8 Å². The molecular weight excluding hydrogens is 752 g/mol. The fourth-order valence-corrected chi connectivity index (χ4v) is 6.84. The van der Waals surface area contributed by atoms with Crippen LogP contribution < -0.4 is 16.0 Å². The van der Waals surface area contributed by atoms with Gasteiger partial charge in [0.2, 0.25) is 23.5 Å².